The van der Waals surface area contributed by atoms with E-state index in [1.165, 1.54) is 16.7 Å². The first kappa shape index (κ1) is 22.5. The molecule has 2 atom stereocenters. The molecule has 0 spiro atoms. The highest BCUT2D eigenvalue weighted by atomic mass is 16.2. The molecule has 0 aliphatic carbocycles. The lowest BCUT2D eigenvalue weighted by molar-refractivity contribution is 0.119. The molecule has 4 rings (SSSR count). The van der Waals surface area contributed by atoms with Gasteiger partial charge in [-0.2, -0.15) is 5.26 Å². The van der Waals surface area contributed by atoms with Crippen LogP contribution in [0.15, 0.2) is 28.2 Å². The highest BCUT2D eigenvalue weighted by molar-refractivity contribution is 6.05. The Morgan fingerprint density at radius 3 is 2.44 bits per heavy atom. The number of amides is 2. The van der Waals surface area contributed by atoms with Gasteiger partial charge < -0.3 is 9.80 Å². The van der Waals surface area contributed by atoms with Gasteiger partial charge in [0.2, 0.25) is 0 Å². The number of hydrogen-bond donors (Lipinski definition) is 0. The lowest BCUT2D eigenvalue weighted by atomic mass is 9.81. The molecule has 6 heteroatoms. The molecule has 1 aromatic carbocycles. The van der Waals surface area contributed by atoms with E-state index in [1.807, 2.05) is 9.80 Å². The Balaban J connectivity index is 1.56. The van der Waals surface area contributed by atoms with Gasteiger partial charge in [-0.15, -0.1) is 0 Å². The largest absolute Gasteiger partial charge is 0.325 e. The Hall–Kier alpha value is -2.68. The van der Waals surface area contributed by atoms with Crippen molar-refractivity contribution in [1.29, 1.82) is 5.26 Å². The fraction of sp³-hybridized carbons (Fsp3) is 0.615. The van der Waals surface area contributed by atoms with Crippen LogP contribution in [0.25, 0.3) is 0 Å². The number of piperidine rings is 2. The van der Waals surface area contributed by atoms with Crippen LogP contribution in [0.3, 0.4) is 0 Å². The van der Waals surface area contributed by atoms with Crippen molar-refractivity contribution in [2.75, 3.05) is 32.7 Å². The van der Waals surface area contributed by atoms with Crippen molar-refractivity contribution >= 4 is 17.6 Å². The van der Waals surface area contributed by atoms with Crippen LogP contribution in [0.2, 0.25) is 0 Å². The quantitative estimate of drug-likeness (QED) is 0.700. The Morgan fingerprint density at radius 1 is 1.09 bits per heavy atom. The maximum absolute atomic E-state index is 13.5. The van der Waals surface area contributed by atoms with Gasteiger partial charge in [-0.05, 0) is 49.8 Å². The van der Waals surface area contributed by atoms with E-state index in [-0.39, 0.29) is 17.9 Å². The first-order chi connectivity index (χ1) is 15.4. The van der Waals surface area contributed by atoms with Crippen LogP contribution >= 0.6 is 0 Å². The SMILES string of the molecule is Cc1ccc(C2CC(C3=NC(C(C)C)=NC3)CN(C(=O)N3CCC(C#N)CC3)C2)cc1C. The maximum atomic E-state index is 13.5. The summed E-state index contributed by atoms with van der Waals surface area (Å²) < 4.78 is 0. The standard InChI is InChI=1S/C26H35N5O/c1-17(2)25-28-14-24(29-25)23-12-22(21-6-5-18(3)19(4)11-21)15-31(16-23)26(32)30-9-7-20(13-27)8-10-30/h5-6,11,17,20,22-23H,7-10,12,14-16H2,1-4H3. The molecule has 6 nitrogen and oxygen atoms in total. The van der Waals surface area contributed by atoms with Crippen molar-refractivity contribution in [2.45, 2.75) is 52.9 Å². The zero-order valence-corrected chi connectivity index (χ0v) is 19.8. The number of aliphatic imine (C=N–C) groups is 2. The number of amidine groups is 1. The molecular formula is C26H35N5O. The number of benzene rings is 1. The highest BCUT2D eigenvalue weighted by Crippen LogP contribution is 2.34. The number of aryl methyl sites for hydroxylation is 2. The van der Waals surface area contributed by atoms with Crippen LogP contribution in [-0.4, -0.2) is 60.1 Å². The van der Waals surface area contributed by atoms with Crippen LogP contribution in [-0.2, 0) is 0 Å². The zero-order chi connectivity index (χ0) is 22.8. The second-order valence-electron chi connectivity index (χ2n) is 9.98. The van der Waals surface area contributed by atoms with Crippen LogP contribution < -0.4 is 0 Å². The lowest BCUT2D eigenvalue weighted by Crippen LogP contribution is -2.52. The summed E-state index contributed by atoms with van der Waals surface area (Å²) in [5.74, 6) is 1.86. The van der Waals surface area contributed by atoms with E-state index in [0.29, 0.717) is 38.0 Å². The summed E-state index contributed by atoms with van der Waals surface area (Å²) in [7, 11) is 0. The van der Waals surface area contributed by atoms with Gasteiger partial charge in [-0.1, -0.05) is 32.0 Å². The second-order valence-corrected chi connectivity index (χ2v) is 9.98. The molecule has 3 aliphatic rings. The molecule has 3 aliphatic heterocycles. The number of nitrogens with zero attached hydrogens (tertiary/aromatic N) is 5. The van der Waals surface area contributed by atoms with Crippen molar-refractivity contribution in [3.8, 4) is 6.07 Å². The number of nitriles is 1. The van der Waals surface area contributed by atoms with Crippen molar-refractivity contribution in [2.24, 2.45) is 27.7 Å². The molecule has 32 heavy (non-hydrogen) atoms. The Kier molecular flexibility index (Phi) is 6.64. The monoisotopic (exact) mass is 433 g/mol. The van der Waals surface area contributed by atoms with E-state index in [9.17, 15) is 10.1 Å². The van der Waals surface area contributed by atoms with Crippen LogP contribution in [0.4, 0.5) is 4.79 Å². The number of likely N-dealkylation sites (tertiary alicyclic amines) is 2. The van der Waals surface area contributed by atoms with Crippen LogP contribution in [0.5, 0.6) is 0 Å². The summed E-state index contributed by atoms with van der Waals surface area (Å²) in [6.07, 6.45) is 2.55. The molecule has 170 valence electrons. The minimum atomic E-state index is 0.0795. The van der Waals surface area contributed by atoms with Gasteiger partial charge >= 0.3 is 6.03 Å². The maximum Gasteiger partial charge on any atom is 0.320 e. The Morgan fingerprint density at radius 2 is 1.81 bits per heavy atom. The Labute approximate surface area is 192 Å². The van der Waals surface area contributed by atoms with Crippen molar-refractivity contribution in [3.63, 3.8) is 0 Å². The summed E-state index contributed by atoms with van der Waals surface area (Å²) in [4.78, 5) is 27.0. The molecule has 0 radical (unpaired) electrons. The van der Waals surface area contributed by atoms with E-state index in [2.05, 4.69) is 57.0 Å². The van der Waals surface area contributed by atoms with Crippen LogP contribution in [0, 0.1) is 42.9 Å². The zero-order valence-electron chi connectivity index (χ0n) is 19.8. The van der Waals surface area contributed by atoms with Gasteiger partial charge in [-0.3, -0.25) is 4.99 Å². The number of urea groups is 1. The second kappa shape index (κ2) is 9.44. The third kappa shape index (κ3) is 4.72. The van der Waals surface area contributed by atoms with Gasteiger partial charge in [-0.25, -0.2) is 9.79 Å². The minimum Gasteiger partial charge on any atom is -0.325 e. The third-order valence-corrected chi connectivity index (χ3v) is 7.32. The Bertz CT molecular complexity index is 965. The summed E-state index contributed by atoms with van der Waals surface area (Å²) in [6.45, 7) is 12.0. The third-order valence-electron chi connectivity index (χ3n) is 7.32. The van der Waals surface area contributed by atoms with Crippen LogP contribution in [0.1, 0.15) is 55.7 Å². The van der Waals surface area contributed by atoms with Crippen molar-refractivity contribution in [1.82, 2.24) is 9.80 Å². The fourth-order valence-electron chi connectivity index (χ4n) is 5.07. The molecule has 0 N–H and O–H groups in total. The van der Waals surface area contributed by atoms with E-state index in [4.69, 9.17) is 4.99 Å². The summed E-state index contributed by atoms with van der Waals surface area (Å²) >= 11 is 0. The molecule has 2 unspecified atom stereocenters. The molecule has 0 saturated carbocycles. The predicted octanol–water partition coefficient (Wildman–Crippen LogP) is 4.57. The van der Waals surface area contributed by atoms with Gasteiger partial charge in [0.05, 0.1) is 12.6 Å². The molecule has 2 saturated heterocycles. The summed E-state index contributed by atoms with van der Waals surface area (Å²) in [5.41, 5.74) is 5.03. The first-order valence-corrected chi connectivity index (χ1v) is 12.0. The number of hydrogen-bond acceptors (Lipinski definition) is 4. The average molecular weight is 434 g/mol. The molecule has 0 bridgehead atoms. The molecule has 3 heterocycles. The summed E-state index contributed by atoms with van der Waals surface area (Å²) in [5, 5.41) is 9.20. The molecule has 2 fully saturated rings. The molecule has 1 aromatic rings. The lowest BCUT2D eigenvalue weighted by Gasteiger charge is -2.41. The average Bonchev–Trinajstić information content (AvgIpc) is 3.31. The van der Waals surface area contributed by atoms with Gasteiger partial charge in [0, 0.05) is 55.6 Å². The van der Waals surface area contributed by atoms with Crippen molar-refractivity contribution < 1.29 is 4.79 Å². The molecule has 0 aromatic heterocycles. The normalized spacial score (nSPS) is 24.4. The number of rotatable bonds is 3. The van der Waals surface area contributed by atoms with E-state index >= 15 is 0 Å². The number of carbonyl (C=O) groups excluding carboxylic acids is 1. The van der Waals surface area contributed by atoms with Crippen molar-refractivity contribution in [3.05, 3.63) is 34.9 Å². The van der Waals surface area contributed by atoms with Gasteiger partial charge in [0.1, 0.15) is 5.84 Å². The topological polar surface area (TPSA) is 72.1 Å². The smallest absolute Gasteiger partial charge is 0.320 e. The highest BCUT2D eigenvalue weighted by Gasteiger charge is 2.37. The minimum absolute atomic E-state index is 0.0795. The van der Waals surface area contributed by atoms with Gasteiger partial charge in [0.15, 0.2) is 0 Å². The number of carbonyl (C=O) groups is 1. The van der Waals surface area contributed by atoms with E-state index in [1.54, 1.807) is 0 Å². The molecular weight excluding hydrogens is 398 g/mol. The predicted molar refractivity (Wildman–Crippen MR) is 128 cm³/mol. The molecule has 2 amide bonds. The van der Waals surface area contributed by atoms with Gasteiger partial charge in [0.25, 0.3) is 0 Å². The first-order valence-electron chi connectivity index (χ1n) is 12.0. The fourth-order valence-corrected chi connectivity index (χ4v) is 5.07. The summed E-state index contributed by atoms with van der Waals surface area (Å²) in [6, 6.07) is 9.18. The van der Waals surface area contributed by atoms with E-state index in [0.717, 1.165) is 37.4 Å². The van der Waals surface area contributed by atoms with E-state index < -0.39 is 0 Å².